The number of hydrogen-bond donors (Lipinski definition) is 4. The van der Waals surface area contributed by atoms with Crippen LogP contribution in [0.4, 0.5) is 0 Å². The van der Waals surface area contributed by atoms with Crippen molar-refractivity contribution in [2.45, 2.75) is 43.9 Å². The molecule has 1 saturated heterocycles. The van der Waals surface area contributed by atoms with Crippen LogP contribution in [-0.4, -0.2) is 76.5 Å². The van der Waals surface area contributed by atoms with Crippen molar-refractivity contribution in [2.24, 2.45) is 0 Å². The van der Waals surface area contributed by atoms with Gasteiger partial charge in [-0.3, -0.25) is 9.32 Å². The lowest BCUT2D eigenvalue weighted by Gasteiger charge is -2.28. The zero-order chi connectivity index (χ0) is 24.9. The number of carboxylic acids is 1. The minimum atomic E-state index is -4.18. The Kier molecular flexibility index (Phi) is 8.47. The molecule has 0 radical (unpaired) electrons. The number of benzene rings is 1. The summed E-state index contributed by atoms with van der Waals surface area (Å²) in [6, 6.07) is 7.06. The molecule has 3 rings (SSSR count). The molecule has 1 fully saturated rings. The van der Waals surface area contributed by atoms with Gasteiger partial charge in [0.05, 0.1) is 19.3 Å². The fourth-order valence-corrected chi connectivity index (χ4v) is 4.84. The van der Waals surface area contributed by atoms with Crippen LogP contribution in [0.15, 0.2) is 54.4 Å². The highest BCUT2D eigenvalue weighted by Gasteiger charge is 2.46. The zero-order valence-electron chi connectivity index (χ0n) is 18.5. The summed E-state index contributed by atoms with van der Waals surface area (Å²) in [5.41, 5.74) is 0.0780. The molecule has 34 heavy (non-hydrogen) atoms. The maximum Gasteiger partial charge on any atom is 0.459 e. The lowest BCUT2D eigenvalue weighted by molar-refractivity contribution is -0.142. The molecule has 2 aliphatic heterocycles. The molecule has 2 aliphatic rings. The third-order valence-electron chi connectivity index (χ3n) is 5.11. The molecule has 0 spiro atoms. The largest absolute Gasteiger partial charge is 0.478 e. The summed E-state index contributed by atoms with van der Waals surface area (Å²) in [7, 11) is -3.00. The van der Waals surface area contributed by atoms with Gasteiger partial charge >= 0.3 is 19.7 Å². The summed E-state index contributed by atoms with van der Waals surface area (Å²) in [5.74, 6) is -1.62. The summed E-state index contributed by atoms with van der Waals surface area (Å²) in [5, 5.41) is 32.6. The third kappa shape index (κ3) is 6.23. The predicted octanol–water partition coefficient (Wildman–Crippen LogP) is 0.976. The number of carbonyl (C=O) groups excluding carboxylic acids is 1. The second kappa shape index (κ2) is 11.1. The van der Waals surface area contributed by atoms with Crippen LogP contribution < -0.4 is 9.61 Å². The van der Waals surface area contributed by atoms with Crippen molar-refractivity contribution < 1.29 is 48.0 Å². The number of ether oxygens (including phenoxy) is 2. The Morgan fingerprint density at radius 3 is 2.62 bits per heavy atom. The van der Waals surface area contributed by atoms with E-state index in [2.05, 4.69) is 9.82 Å². The number of aliphatic hydroxyl groups is 2. The van der Waals surface area contributed by atoms with Crippen molar-refractivity contribution in [3.63, 3.8) is 0 Å². The van der Waals surface area contributed by atoms with Gasteiger partial charge in [0.1, 0.15) is 30.1 Å². The average Bonchev–Trinajstić information content (AvgIpc) is 3.11. The summed E-state index contributed by atoms with van der Waals surface area (Å²) in [6.07, 6.45) is -0.493. The van der Waals surface area contributed by atoms with Crippen LogP contribution in [0.1, 0.15) is 13.3 Å². The van der Waals surface area contributed by atoms with Gasteiger partial charge in [-0.2, -0.15) is 5.09 Å². The number of methoxy groups -OCH3 is 1. The van der Waals surface area contributed by atoms with Crippen LogP contribution in [0, 0.1) is 0 Å². The van der Waals surface area contributed by atoms with E-state index in [1.807, 2.05) is 0 Å². The first-order valence-electron chi connectivity index (χ1n) is 10.4. The summed E-state index contributed by atoms with van der Waals surface area (Å²) in [4.78, 5) is 24.4. The molecular weight excluding hydrogens is 471 g/mol. The molecule has 4 N–H and O–H groups in total. The number of aliphatic carboxylic acids is 1. The van der Waals surface area contributed by atoms with Crippen molar-refractivity contribution in [1.29, 1.82) is 0 Å². The smallest absolute Gasteiger partial charge is 0.459 e. The lowest BCUT2D eigenvalue weighted by atomic mass is 10.1. The fraction of sp³-hybridized carbons (Fsp3) is 0.429. The second-order valence-corrected chi connectivity index (χ2v) is 9.31. The molecule has 2 heterocycles. The summed E-state index contributed by atoms with van der Waals surface area (Å²) in [6.45, 7) is 0.929. The van der Waals surface area contributed by atoms with Crippen LogP contribution in [0.2, 0.25) is 0 Å². The van der Waals surface area contributed by atoms with Crippen LogP contribution in [0.3, 0.4) is 0 Å². The Balaban J connectivity index is 1.72. The number of nitrogens with one attached hydrogen (secondary N) is 1. The topological polar surface area (TPSA) is 164 Å². The van der Waals surface area contributed by atoms with E-state index in [0.29, 0.717) is 0 Å². The number of hydrogen-bond acceptors (Lipinski definition) is 10. The Morgan fingerprint density at radius 1 is 1.26 bits per heavy atom. The van der Waals surface area contributed by atoms with Gasteiger partial charge in [0.15, 0.2) is 6.23 Å². The van der Waals surface area contributed by atoms with Gasteiger partial charge < -0.3 is 34.2 Å². The first kappa shape index (κ1) is 25.9. The number of esters is 1. The van der Waals surface area contributed by atoms with Crippen LogP contribution in [0.25, 0.3) is 0 Å². The van der Waals surface area contributed by atoms with Gasteiger partial charge in [0, 0.05) is 18.8 Å². The van der Waals surface area contributed by atoms with Crippen molar-refractivity contribution in [2.75, 3.05) is 13.7 Å². The van der Waals surface area contributed by atoms with E-state index in [4.69, 9.17) is 13.8 Å². The number of allylic oxidation sites excluding steroid dienone is 1. The number of para-hydroxylation sites is 1. The molecule has 186 valence electrons. The quantitative estimate of drug-likeness (QED) is 0.267. The van der Waals surface area contributed by atoms with E-state index in [1.165, 1.54) is 43.5 Å². The SMILES string of the molecule is COC(=O)[C@H](C)NP(=O)(OCC1O[C@@H](N2C=CCC(C(=O)O)=C2)[C@H](O)[C@@H]1O)Oc1ccccc1. The first-order chi connectivity index (χ1) is 16.1. The first-order valence-corrected chi connectivity index (χ1v) is 11.9. The number of nitrogens with zero attached hydrogens (tertiary/aromatic N) is 1. The van der Waals surface area contributed by atoms with E-state index >= 15 is 0 Å². The molecule has 0 saturated carbocycles. The van der Waals surface area contributed by atoms with Crippen molar-refractivity contribution in [1.82, 2.24) is 9.99 Å². The van der Waals surface area contributed by atoms with Gasteiger partial charge in [-0.05, 0) is 19.1 Å². The van der Waals surface area contributed by atoms with E-state index in [-0.39, 0.29) is 17.7 Å². The van der Waals surface area contributed by atoms with Crippen molar-refractivity contribution in [3.8, 4) is 5.75 Å². The van der Waals surface area contributed by atoms with E-state index in [9.17, 15) is 29.5 Å². The van der Waals surface area contributed by atoms with Gasteiger partial charge in [-0.1, -0.05) is 24.3 Å². The van der Waals surface area contributed by atoms with Crippen LogP contribution in [0.5, 0.6) is 5.75 Å². The maximum absolute atomic E-state index is 13.4. The van der Waals surface area contributed by atoms with E-state index in [0.717, 1.165) is 0 Å². The molecule has 0 bridgehead atoms. The van der Waals surface area contributed by atoms with Crippen LogP contribution >= 0.6 is 7.75 Å². The number of carboxylic acid groups (broad SMARTS) is 1. The standard InChI is InChI=1S/C21H27N2O10P/c1-13(21(28)30-2)22-34(29,33-15-8-4-3-5-9-15)31-12-16-17(24)18(25)19(32-16)23-10-6-7-14(11-23)20(26)27/h3-6,8-11,13,16-19,24-25H,7,12H2,1-2H3,(H,22,29)(H,26,27)/t13-,16?,17+,18+,19+,34?/m0/s1. The highest BCUT2D eigenvalue weighted by molar-refractivity contribution is 7.52. The Morgan fingerprint density at radius 2 is 1.97 bits per heavy atom. The highest BCUT2D eigenvalue weighted by atomic mass is 31.2. The predicted molar refractivity (Wildman–Crippen MR) is 117 cm³/mol. The Hall–Kier alpha value is -2.73. The second-order valence-electron chi connectivity index (χ2n) is 7.61. The molecule has 2 unspecified atom stereocenters. The fourth-order valence-electron chi connectivity index (χ4n) is 3.34. The van der Waals surface area contributed by atoms with Gasteiger partial charge in [0.25, 0.3) is 0 Å². The van der Waals surface area contributed by atoms with Crippen LogP contribution in [-0.2, 0) is 28.2 Å². The highest BCUT2D eigenvalue weighted by Crippen LogP contribution is 2.45. The van der Waals surface area contributed by atoms with E-state index < -0.39 is 56.9 Å². The molecule has 13 heteroatoms. The van der Waals surface area contributed by atoms with Crippen molar-refractivity contribution in [3.05, 3.63) is 54.4 Å². The summed E-state index contributed by atoms with van der Waals surface area (Å²) >= 11 is 0. The average molecular weight is 498 g/mol. The molecule has 1 aromatic carbocycles. The number of aliphatic hydroxyl groups excluding tert-OH is 2. The molecule has 0 aromatic heterocycles. The molecule has 0 aliphatic carbocycles. The number of rotatable bonds is 10. The normalized spacial score (nSPS) is 26.9. The molecule has 0 amide bonds. The minimum absolute atomic E-state index is 0.0780. The number of carbonyl (C=O) groups is 2. The lowest BCUT2D eigenvalue weighted by Crippen LogP contribution is -2.40. The van der Waals surface area contributed by atoms with Gasteiger partial charge in [-0.25, -0.2) is 9.36 Å². The Labute approximate surface area is 196 Å². The van der Waals surface area contributed by atoms with E-state index in [1.54, 1.807) is 24.3 Å². The molecule has 1 aromatic rings. The molecule has 12 nitrogen and oxygen atoms in total. The molecular formula is C21H27N2O10P. The maximum atomic E-state index is 13.4. The monoisotopic (exact) mass is 498 g/mol. The molecule has 6 atom stereocenters. The van der Waals surface area contributed by atoms with Gasteiger partial charge in [0.2, 0.25) is 0 Å². The summed E-state index contributed by atoms with van der Waals surface area (Å²) < 4.78 is 34.7. The minimum Gasteiger partial charge on any atom is -0.478 e. The van der Waals surface area contributed by atoms with Crippen molar-refractivity contribution >= 4 is 19.7 Å². The zero-order valence-corrected chi connectivity index (χ0v) is 19.4. The van der Waals surface area contributed by atoms with Gasteiger partial charge in [-0.15, -0.1) is 0 Å². The third-order valence-corrected chi connectivity index (χ3v) is 6.75. The Bertz CT molecular complexity index is 985.